The molecule has 0 radical (unpaired) electrons. The van der Waals surface area contributed by atoms with Crippen LogP contribution >= 0.6 is 0 Å². The molecule has 0 bridgehead atoms. The highest BCUT2D eigenvalue weighted by Crippen LogP contribution is 2.46. The number of rotatable bonds is 6. The molecule has 2 saturated carbocycles. The van der Waals surface area contributed by atoms with Gasteiger partial charge < -0.3 is 25.4 Å². The molecule has 7 heteroatoms. The van der Waals surface area contributed by atoms with Crippen molar-refractivity contribution in [2.45, 2.75) is 69.6 Å². The fourth-order valence-corrected chi connectivity index (χ4v) is 4.80. The van der Waals surface area contributed by atoms with Crippen LogP contribution in [0.2, 0.25) is 0 Å². The number of amides is 1. The summed E-state index contributed by atoms with van der Waals surface area (Å²) in [6.07, 6.45) is 7.55. The van der Waals surface area contributed by atoms with Gasteiger partial charge in [0.25, 0.3) is 0 Å². The summed E-state index contributed by atoms with van der Waals surface area (Å²) in [5.74, 6) is 2.24. The number of alkyl carbamates (subject to hydrolysis) is 1. The molecule has 2 aliphatic carbocycles. The molecule has 0 aromatic heterocycles. The van der Waals surface area contributed by atoms with Crippen LogP contribution in [0.15, 0.2) is 29.3 Å². The van der Waals surface area contributed by atoms with Crippen LogP contribution in [-0.4, -0.2) is 43.9 Å². The third-order valence-electron chi connectivity index (χ3n) is 6.51. The molecule has 1 amide bonds. The molecular formula is C23H34N4O3. The summed E-state index contributed by atoms with van der Waals surface area (Å²) in [5.41, 5.74) is 1.12. The van der Waals surface area contributed by atoms with Crippen LogP contribution in [0.1, 0.15) is 63.5 Å². The lowest BCUT2D eigenvalue weighted by Gasteiger charge is -2.40. The number of ether oxygens (including phenoxy) is 2. The summed E-state index contributed by atoms with van der Waals surface area (Å²) in [5, 5.41) is 10.0. The van der Waals surface area contributed by atoms with Gasteiger partial charge in [0.05, 0.1) is 18.7 Å². The fraction of sp³-hybridized carbons (Fsp3) is 0.652. The van der Waals surface area contributed by atoms with Gasteiger partial charge in [-0.1, -0.05) is 18.2 Å². The predicted octanol–water partition coefficient (Wildman–Crippen LogP) is 3.51. The van der Waals surface area contributed by atoms with E-state index in [0.717, 1.165) is 43.8 Å². The minimum absolute atomic E-state index is 0.0470. The first-order valence-corrected chi connectivity index (χ1v) is 11.3. The maximum absolute atomic E-state index is 11.9. The molecule has 164 valence electrons. The monoisotopic (exact) mass is 414 g/mol. The van der Waals surface area contributed by atoms with Gasteiger partial charge >= 0.3 is 6.09 Å². The second-order valence-electron chi connectivity index (χ2n) is 8.69. The zero-order valence-corrected chi connectivity index (χ0v) is 18.1. The number of nitrogens with one attached hydrogen (secondary N) is 3. The number of hydrogen-bond donors (Lipinski definition) is 3. The van der Waals surface area contributed by atoms with Gasteiger partial charge in [-0.3, -0.25) is 4.99 Å². The smallest absolute Gasteiger partial charge is 0.407 e. The largest absolute Gasteiger partial charge is 0.487 e. The molecule has 3 aliphatic rings. The third-order valence-corrected chi connectivity index (χ3v) is 6.51. The molecular weight excluding hydrogens is 380 g/mol. The van der Waals surface area contributed by atoms with E-state index in [4.69, 9.17) is 9.47 Å². The zero-order valence-electron chi connectivity index (χ0n) is 18.1. The van der Waals surface area contributed by atoms with Gasteiger partial charge in [-0.25, -0.2) is 4.79 Å². The van der Waals surface area contributed by atoms with Crippen molar-refractivity contribution in [2.24, 2.45) is 10.9 Å². The molecule has 2 unspecified atom stereocenters. The molecule has 2 fully saturated rings. The Kier molecular flexibility index (Phi) is 6.35. The molecule has 1 spiro atoms. The van der Waals surface area contributed by atoms with Crippen molar-refractivity contribution in [1.29, 1.82) is 0 Å². The molecule has 1 aromatic rings. The highest BCUT2D eigenvalue weighted by molar-refractivity contribution is 5.80. The van der Waals surface area contributed by atoms with Gasteiger partial charge in [0.2, 0.25) is 0 Å². The fourth-order valence-electron chi connectivity index (χ4n) is 4.80. The highest BCUT2D eigenvalue weighted by atomic mass is 16.5. The van der Waals surface area contributed by atoms with Gasteiger partial charge in [0.15, 0.2) is 5.96 Å². The number of carbonyl (C=O) groups excluding carboxylic acids is 1. The first kappa shape index (κ1) is 20.8. The van der Waals surface area contributed by atoms with E-state index in [2.05, 4.69) is 39.1 Å². The van der Waals surface area contributed by atoms with E-state index in [1.807, 2.05) is 13.0 Å². The molecule has 4 rings (SSSR count). The number of para-hydroxylation sites is 1. The number of nitrogens with zero attached hydrogens (tertiary/aromatic N) is 1. The lowest BCUT2D eigenvalue weighted by molar-refractivity contribution is 0.0396. The predicted molar refractivity (Wildman–Crippen MR) is 117 cm³/mol. The molecule has 0 saturated heterocycles. The van der Waals surface area contributed by atoms with Crippen LogP contribution in [-0.2, 0) is 4.74 Å². The Morgan fingerprint density at radius 1 is 1.30 bits per heavy atom. The van der Waals surface area contributed by atoms with E-state index in [-0.39, 0.29) is 23.8 Å². The van der Waals surface area contributed by atoms with Crippen molar-refractivity contribution in [1.82, 2.24) is 16.0 Å². The van der Waals surface area contributed by atoms with E-state index in [1.165, 1.54) is 18.4 Å². The minimum Gasteiger partial charge on any atom is -0.487 e. The van der Waals surface area contributed by atoms with Crippen molar-refractivity contribution in [2.75, 3.05) is 20.2 Å². The van der Waals surface area contributed by atoms with Gasteiger partial charge in [0, 0.05) is 25.6 Å². The lowest BCUT2D eigenvalue weighted by atomic mass is 9.86. The molecule has 1 heterocycles. The normalized spacial score (nSPS) is 23.3. The number of benzene rings is 1. The highest BCUT2D eigenvalue weighted by Gasteiger charge is 2.43. The second-order valence-corrected chi connectivity index (χ2v) is 8.69. The lowest BCUT2D eigenvalue weighted by Crippen LogP contribution is -2.50. The Labute approximate surface area is 179 Å². The third kappa shape index (κ3) is 4.82. The van der Waals surface area contributed by atoms with E-state index in [1.54, 1.807) is 7.05 Å². The summed E-state index contributed by atoms with van der Waals surface area (Å²) in [4.78, 5) is 16.3. The molecule has 7 nitrogen and oxygen atoms in total. The molecule has 30 heavy (non-hydrogen) atoms. The first-order valence-electron chi connectivity index (χ1n) is 11.3. The van der Waals surface area contributed by atoms with Crippen LogP contribution in [0.3, 0.4) is 0 Å². The Balaban J connectivity index is 1.41. The van der Waals surface area contributed by atoms with Gasteiger partial charge in [0.1, 0.15) is 11.4 Å². The van der Waals surface area contributed by atoms with Crippen LogP contribution in [0.4, 0.5) is 4.79 Å². The Morgan fingerprint density at radius 2 is 2.07 bits per heavy atom. The van der Waals surface area contributed by atoms with Gasteiger partial charge in [-0.15, -0.1) is 0 Å². The molecule has 1 aliphatic heterocycles. The van der Waals surface area contributed by atoms with E-state index in [9.17, 15) is 4.79 Å². The Bertz CT molecular complexity index is 771. The van der Waals surface area contributed by atoms with Crippen molar-refractivity contribution in [3.05, 3.63) is 29.8 Å². The number of hydrogen-bond acceptors (Lipinski definition) is 4. The van der Waals surface area contributed by atoms with Crippen LogP contribution < -0.4 is 20.7 Å². The SMILES string of the molecule is CCOC(=O)NC(CNC(=NC)NC1CC2(CCCC2)Oc2ccccc21)C1CC1. The molecule has 3 N–H and O–H groups in total. The second kappa shape index (κ2) is 9.14. The molecule has 2 atom stereocenters. The van der Waals surface area contributed by atoms with Crippen molar-refractivity contribution >= 4 is 12.1 Å². The van der Waals surface area contributed by atoms with Crippen LogP contribution in [0.5, 0.6) is 5.75 Å². The average Bonchev–Trinajstić information content (AvgIpc) is 3.50. The number of aliphatic imine (C=N–C) groups is 1. The summed E-state index contributed by atoms with van der Waals surface area (Å²) >= 11 is 0. The Hall–Kier alpha value is -2.44. The van der Waals surface area contributed by atoms with Crippen molar-refractivity contribution < 1.29 is 14.3 Å². The van der Waals surface area contributed by atoms with Crippen LogP contribution in [0.25, 0.3) is 0 Å². The number of carbonyl (C=O) groups is 1. The quantitative estimate of drug-likeness (QED) is 0.490. The maximum Gasteiger partial charge on any atom is 0.407 e. The Morgan fingerprint density at radius 3 is 2.77 bits per heavy atom. The average molecular weight is 415 g/mol. The van der Waals surface area contributed by atoms with E-state index >= 15 is 0 Å². The summed E-state index contributed by atoms with van der Waals surface area (Å²) in [6.45, 7) is 2.82. The zero-order chi connectivity index (χ0) is 21.0. The van der Waals surface area contributed by atoms with E-state index < -0.39 is 0 Å². The number of fused-ring (bicyclic) bond motifs is 1. The standard InChI is InChI=1S/C23H34N4O3/c1-3-29-22(28)27-19(16-10-11-16)15-25-21(24-2)26-18-14-23(12-6-7-13-23)30-20-9-5-4-8-17(18)20/h4-5,8-9,16,18-19H,3,6-7,10-15H2,1-2H3,(H,27,28)(H2,24,25,26). The van der Waals surface area contributed by atoms with Gasteiger partial charge in [-0.2, -0.15) is 0 Å². The summed E-state index contributed by atoms with van der Waals surface area (Å²) in [6, 6.07) is 8.51. The van der Waals surface area contributed by atoms with Crippen molar-refractivity contribution in [3.63, 3.8) is 0 Å². The van der Waals surface area contributed by atoms with Crippen molar-refractivity contribution in [3.8, 4) is 5.75 Å². The summed E-state index contributed by atoms with van der Waals surface area (Å²) in [7, 11) is 1.79. The maximum atomic E-state index is 11.9. The van der Waals surface area contributed by atoms with Gasteiger partial charge in [-0.05, 0) is 57.4 Å². The summed E-state index contributed by atoms with van der Waals surface area (Å²) < 4.78 is 11.5. The first-order chi connectivity index (χ1) is 14.6. The van der Waals surface area contributed by atoms with E-state index in [0.29, 0.717) is 19.1 Å². The minimum atomic E-state index is -0.347. The molecule has 1 aromatic carbocycles. The topological polar surface area (TPSA) is 84.0 Å². The van der Waals surface area contributed by atoms with Crippen LogP contribution in [0, 0.1) is 5.92 Å². The number of guanidine groups is 1.